The van der Waals surface area contributed by atoms with Crippen molar-refractivity contribution in [3.05, 3.63) is 0 Å². The van der Waals surface area contributed by atoms with Gasteiger partial charge in [0.2, 0.25) is 0 Å². The molecule has 0 heteroatoms. The van der Waals surface area contributed by atoms with E-state index in [4.69, 9.17) is 0 Å². The summed E-state index contributed by atoms with van der Waals surface area (Å²) >= 11 is 0. The zero-order valence-corrected chi connectivity index (χ0v) is 32.0. The molecule has 0 unspecified atom stereocenters. The average Bonchev–Trinajstić information content (AvgIpc) is 3.75. The van der Waals surface area contributed by atoms with Crippen LogP contribution in [0.25, 0.3) is 0 Å². The quantitative estimate of drug-likeness (QED) is 0.256. The zero-order chi connectivity index (χ0) is 32.0. The van der Waals surface area contributed by atoms with Crippen LogP contribution in [-0.4, -0.2) is 0 Å². The molecular weight excluding hydrogens is 528 g/mol. The van der Waals surface area contributed by atoms with Crippen molar-refractivity contribution in [3.8, 4) is 0 Å². The van der Waals surface area contributed by atoms with Gasteiger partial charge in [-0.15, -0.1) is 0 Å². The summed E-state index contributed by atoms with van der Waals surface area (Å²) in [5.74, 6) is 20.1. The predicted molar refractivity (Wildman–Crippen MR) is 196 cm³/mol. The summed E-state index contributed by atoms with van der Waals surface area (Å²) in [5.41, 5.74) is 0. The normalized spacial score (nSPS) is 49.8. The molecule has 18 rings (SSSR count). The van der Waals surface area contributed by atoms with Crippen molar-refractivity contribution in [2.24, 2.45) is 94.7 Å². The minimum Gasteiger partial charge on any atom is -0.0683 e. The van der Waals surface area contributed by atoms with Crippen LogP contribution in [0.2, 0.25) is 0 Å². The first kappa shape index (κ1) is 36.8. The highest BCUT2D eigenvalue weighted by Gasteiger charge is 2.97. The van der Waals surface area contributed by atoms with E-state index in [-0.39, 0.29) is 0 Å². The van der Waals surface area contributed by atoms with Crippen molar-refractivity contribution in [1.29, 1.82) is 0 Å². The Kier molecular flexibility index (Phi) is 14.6. The molecule has 0 spiro atoms. The van der Waals surface area contributed by atoms with Crippen molar-refractivity contribution < 1.29 is 0 Å². The lowest BCUT2D eigenvalue weighted by molar-refractivity contribution is -0.565. The van der Waals surface area contributed by atoms with E-state index in [9.17, 15) is 0 Å². The van der Waals surface area contributed by atoms with E-state index in [0.717, 1.165) is 11.8 Å². The topological polar surface area (TPSA) is 0 Å². The summed E-state index contributed by atoms with van der Waals surface area (Å²) in [6.07, 6.45) is 28.2. The molecule has 0 atom stereocenters. The van der Waals surface area contributed by atoms with E-state index in [2.05, 4.69) is 0 Å². The van der Waals surface area contributed by atoms with Gasteiger partial charge in [-0.2, -0.15) is 0 Å². The van der Waals surface area contributed by atoms with Crippen LogP contribution in [0.1, 0.15) is 185 Å². The van der Waals surface area contributed by atoms with Crippen molar-refractivity contribution in [1.82, 2.24) is 0 Å². The second-order valence-electron chi connectivity index (χ2n) is 16.4. The number of rotatable bonds is 0. The van der Waals surface area contributed by atoms with Gasteiger partial charge in [-0.3, -0.25) is 0 Å². The minimum absolute atomic E-state index is 1.15. The molecule has 18 aliphatic carbocycles. The third-order valence-electron chi connectivity index (χ3n) is 15.2. The van der Waals surface area contributed by atoms with Gasteiger partial charge in [0, 0.05) is 0 Å². The van der Waals surface area contributed by atoms with Crippen LogP contribution in [0.3, 0.4) is 0 Å². The van der Waals surface area contributed by atoms with Gasteiger partial charge in [-0.25, -0.2) is 0 Å². The highest BCUT2D eigenvalue weighted by molar-refractivity contribution is 5.44. The molecule has 0 amide bonds. The maximum atomic E-state index is 2.00. The number of hydrogen-bond acceptors (Lipinski definition) is 0. The van der Waals surface area contributed by atoms with Crippen LogP contribution >= 0.6 is 0 Å². The first-order valence-corrected chi connectivity index (χ1v) is 21.8. The Bertz CT molecular complexity index is 598. The summed E-state index contributed by atoms with van der Waals surface area (Å²) in [6, 6.07) is 0. The second-order valence-corrected chi connectivity index (χ2v) is 16.4. The van der Waals surface area contributed by atoms with Gasteiger partial charge < -0.3 is 0 Å². The Morgan fingerprint density at radius 1 is 0.205 bits per heavy atom. The Morgan fingerprint density at radius 3 is 0.432 bits per heavy atom. The van der Waals surface area contributed by atoms with Gasteiger partial charge >= 0.3 is 0 Å². The van der Waals surface area contributed by atoms with Crippen LogP contribution in [0.5, 0.6) is 0 Å². The molecule has 0 aliphatic heterocycles. The standard InChI is InChI=1S/C8H8.C8H14.C7H12.C6H10.C5H8.5C2H6/c1-2-5-3(1)7-4(1)6(2)8(5)7;1-2-8-5-3-7(1)4-6-8;1-2-6-4-7(3-1)5-6;1-2-6-3-5(1)4-6;1-4-2-5(1)3-4;5*1-2/h1-8H;7-8H,1-6H2;6-7H,1-5H2;5-6H,1-4H2;4-5H,1-3H2;5*1-2H3. The fraction of sp³-hybridized carbons (Fsp3) is 1.00. The molecule has 0 saturated heterocycles. The highest BCUT2D eigenvalue weighted by Crippen LogP contribution is 3.00. The van der Waals surface area contributed by atoms with E-state index in [1.54, 1.807) is 109 Å². The lowest BCUT2D eigenvalue weighted by Gasteiger charge is -3.03. The lowest BCUT2D eigenvalue weighted by atomic mass is 9.01. The molecular formula is C44H82. The van der Waals surface area contributed by atoms with Crippen LogP contribution in [0.15, 0.2) is 0 Å². The smallest absolute Gasteiger partial charge is 0.0312 e. The number of fused-ring (bicyclic) bond motifs is 6. The molecule has 0 aromatic rings. The minimum atomic E-state index is 1.15. The van der Waals surface area contributed by atoms with Crippen molar-refractivity contribution in [3.63, 3.8) is 0 Å². The lowest BCUT2D eigenvalue weighted by Crippen LogP contribution is -3.00. The Labute approximate surface area is 278 Å². The van der Waals surface area contributed by atoms with Gasteiger partial charge in [0.1, 0.15) is 0 Å². The van der Waals surface area contributed by atoms with Gasteiger partial charge in [-0.1, -0.05) is 140 Å². The molecule has 258 valence electrons. The van der Waals surface area contributed by atoms with E-state index in [0.29, 0.717) is 0 Å². The summed E-state index contributed by atoms with van der Waals surface area (Å²) in [6.45, 7) is 20.0. The van der Waals surface area contributed by atoms with Crippen LogP contribution in [0, 0.1) is 94.7 Å². The van der Waals surface area contributed by atoms with E-state index in [1.165, 1.54) is 89.3 Å². The van der Waals surface area contributed by atoms with Gasteiger partial charge in [-0.05, 0) is 140 Å². The summed E-state index contributed by atoms with van der Waals surface area (Å²) in [7, 11) is 0. The molecule has 18 aliphatic rings. The molecule has 44 heavy (non-hydrogen) atoms. The predicted octanol–water partition coefficient (Wildman–Crippen LogP) is 14.1. The second kappa shape index (κ2) is 17.4. The van der Waals surface area contributed by atoms with E-state index in [1.807, 2.05) is 69.2 Å². The average molecular weight is 611 g/mol. The van der Waals surface area contributed by atoms with Crippen LogP contribution in [0.4, 0.5) is 0 Å². The third-order valence-corrected chi connectivity index (χ3v) is 15.2. The molecule has 8 bridgehead atoms. The maximum absolute atomic E-state index is 2.00. The Morgan fingerprint density at radius 2 is 0.364 bits per heavy atom. The van der Waals surface area contributed by atoms with Gasteiger partial charge in [0.25, 0.3) is 0 Å². The molecule has 18 saturated carbocycles. The molecule has 0 N–H and O–H groups in total. The molecule has 0 radical (unpaired) electrons. The molecule has 0 aromatic carbocycles. The monoisotopic (exact) mass is 611 g/mol. The van der Waals surface area contributed by atoms with Crippen molar-refractivity contribution in [2.45, 2.75) is 185 Å². The fourth-order valence-corrected chi connectivity index (χ4v) is 12.6. The Balaban J connectivity index is 0.000000118. The van der Waals surface area contributed by atoms with Gasteiger partial charge in [0.05, 0.1) is 0 Å². The summed E-state index contributed by atoms with van der Waals surface area (Å²) in [5, 5.41) is 0. The highest BCUT2D eigenvalue weighted by atomic mass is 15.0. The zero-order valence-electron chi connectivity index (χ0n) is 32.0. The van der Waals surface area contributed by atoms with E-state index < -0.39 is 0 Å². The Hall–Kier alpha value is 0. The first-order valence-electron chi connectivity index (χ1n) is 21.8. The summed E-state index contributed by atoms with van der Waals surface area (Å²) < 4.78 is 0. The van der Waals surface area contributed by atoms with Crippen LogP contribution < -0.4 is 0 Å². The fourth-order valence-electron chi connectivity index (χ4n) is 12.6. The van der Waals surface area contributed by atoms with E-state index >= 15 is 0 Å². The molecule has 0 heterocycles. The van der Waals surface area contributed by atoms with Gasteiger partial charge in [0.15, 0.2) is 0 Å². The SMILES string of the molecule is C12C3C4C1C1C2C3C41.C1C2CC1C2.C1CC2CC(C1)C2.C1CC2CC1C2.C1CC2CCC1CC2.CC.CC.CC.CC.CC. The van der Waals surface area contributed by atoms with Crippen LogP contribution in [-0.2, 0) is 0 Å². The third kappa shape index (κ3) is 6.79. The maximum Gasteiger partial charge on any atom is -0.0312 e. The number of hydrogen-bond donors (Lipinski definition) is 0. The largest absolute Gasteiger partial charge is 0.0683 e. The molecule has 0 nitrogen and oxygen atoms in total. The molecule has 0 aromatic heterocycles. The first-order chi connectivity index (χ1) is 21.8. The molecule has 18 fully saturated rings. The van der Waals surface area contributed by atoms with Crippen molar-refractivity contribution >= 4 is 0 Å². The summed E-state index contributed by atoms with van der Waals surface area (Å²) in [4.78, 5) is 0. The van der Waals surface area contributed by atoms with Crippen molar-refractivity contribution in [2.75, 3.05) is 0 Å².